The van der Waals surface area contributed by atoms with Crippen molar-refractivity contribution in [3.05, 3.63) is 59.4 Å². The summed E-state index contributed by atoms with van der Waals surface area (Å²) < 4.78 is 27.4. The van der Waals surface area contributed by atoms with Crippen molar-refractivity contribution in [2.45, 2.75) is 57.5 Å². The van der Waals surface area contributed by atoms with Crippen LogP contribution < -0.4 is 4.90 Å². The summed E-state index contributed by atoms with van der Waals surface area (Å²) in [6.07, 6.45) is 5.16. The molecule has 4 nitrogen and oxygen atoms in total. The molecular weight excluding hydrogens is 384 g/mol. The maximum absolute atomic E-state index is 14.0. The molecule has 1 aromatic carbocycles. The van der Waals surface area contributed by atoms with Crippen LogP contribution in [0.4, 0.5) is 14.5 Å². The number of nitrogens with zero attached hydrogens (tertiary/aromatic N) is 3. The Labute approximate surface area is 176 Å². The first-order valence-electron chi connectivity index (χ1n) is 10.7. The van der Waals surface area contributed by atoms with Gasteiger partial charge in [-0.15, -0.1) is 0 Å². The number of pyridine rings is 1. The van der Waals surface area contributed by atoms with E-state index in [2.05, 4.69) is 23.7 Å². The zero-order valence-corrected chi connectivity index (χ0v) is 17.9. The van der Waals surface area contributed by atoms with Crippen LogP contribution in [0.15, 0.2) is 36.5 Å². The molecule has 2 aliphatic rings. The summed E-state index contributed by atoms with van der Waals surface area (Å²) in [5.41, 5.74) is 2.16. The third-order valence-corrected chi connectivity index (χ3v) is 6.63. The van der Waals surface area contributed by atoms with Crippen LogP contribution in [0.2, 0.25) is 0 Å². The number of anilines is 1. The largest absolute Gasteiger partial charge is 0.309 e. The minimum Gasteiger partial charge on any atom is -0.309 e. The Hall–Kier alpha value is -2.34. The Bertz CT molecular complexity index is 938. The Balaban J connectivity index is 1.38. The fourth-order valence-corrected chi connectivity index (χ4v) is 4.93. The molecule has 0 unspecified atom stereocenters. The molecule has 1 aromatic heterocycles. The molecule has 1 aliphatic heterocycles. The summed E-state index contributed by atoms with van der Waals surface area (Å²) in [4.78, 5) is 21.8. The van der Waals surface area contributed by atoms with Gasteiger partial charge in [-0.2, -0.15) is 0 Å². The van der Waals surface area contributed by atoms with E-state index in [0.29, 0.717) is 18.7 Å². The lowest BCUT2D eigenvalue weighted by molar-refractivity contribution is -0.123. The molecule has 30 heavy (non-hydrogen) atoms. The minimum atomic E-state index is -0.419. The van der Waals surface area contributed by atoms with Crippen molar-refractivity contribution < 1.29 is 13.6 Å². The van der Waals surface area contributed by atoms with Crippen molar-refractivity contribution in [1.29, 1.82) is 0 Å². The van der Waals surface area contributed by atoms with Crippen LogP contribution in [-0.4, -0.2) is 35.4 Å². The van der Waals surface area contributed by atoms with Gasteiger partial charge in [-0.25, -0.2) is 8.78 Å². The number of carbonyl (C=O) groups excluding carboxylic acids is 1. The van der Waals surface area contributed by atoms with Crippen molar-refractivity contribution >= 4 is 11.6 Å². The van der Waals surface area contributed by atoms with Crippen LogP contribution in [0.3, 0.4) is 0 Å². The summed E-state index contributed by atoms with van der Waals surface area (Å²) in [5, 5.41) is 0. The Morgan fingerprint density at radius 2 is 1.93 bits per heavy atom. The highest BCUT2D eigenvalue weighted by Crippen LogP contribution is 2.40. The molecule has 0 bridgehead atoms. The van der Waals surface area contributed by atoms with Crippen LogP contribution in [0.1, 0.15) is 50.8 Å². The highest BCUT2D eigenvalue weighted by atomic mass is 19.1. The molecule has 2 heterocycles. The summed E-state index contributed by atoms with van der Waals surface area (Å²) in [5.74, 6) is -0.608. The van der Waals surface area contributed by atoms with E-state index in [1.807, 2.05) is 24.1 Å². The van der Waals surface area contributed by atoms with Gasteiger partial charge in [-0.05, 0) is 63.1 Å². The maximum atomic E-state index is 14.0. The quantitative estimate of drug-likeness (QED) is 0.731. The lowest BCUT2D eigenvalue weighted by Crippen LogP contribution is -2.42. The van der Waals surface area contributed by atoms with Gasteiger partial charge in [0.1, 0.15) is 11.6 Å². The van der Waals surface area contributed by atoms with Crippen molar-refractivity contribution in [3.63, 3.8) is 0 Å². The molecule has 2 aromatic rings. The number of carbonyl (C=O) groups is 1. The molecular formula is C24H29F2N3O. The monoisotopic (exact) mass is 413 g/mol. The van der Waals surface area contributed by atoms with Gasteiger partial charge >= 0.3 is 0 Å². The Morgan fingerprint density at radius 3 is 2.67 bits per heavy atom. The first kappa shape index (κ1) is 20.9. The SMILES string of the molecule is CN(Cc1cc(F)ccc1F)C1CCC(C(=O)N2CC(C)(C)c3ncccc32)CC1. The van der Waals surface area contributed by atoms with Gasteiger partial charge < -0.3 is 4.90 Å². The van der Waals surface area contributed by atoms with Crippen LogP contribution >= 0.6 is 0 Å². The van der Waals surface area contributed by atoms with Crippen molar-refractivity contribution in [2.75, 3.05) is 18.5 Å². The zero-order valence-electron chi connectivity index (χ0n) is 17.9. The Morgan fingerprint density at radius 1 is 1.20 bits per heavy atom. The second-order valence-electron chi connectivity index (χ2n) is 9.34. The molecule has 1 aliphatic carbocycles. The topological polar surface area (TPSA) is 36.4 Å². The van der Waals surface area contributed by atoms with Gasteiger partial charge in [-0.1, -0.05) is 13.8 Å². The van der Waals surface area contributed by atoms with Crippen LogP contribution in [0, 0.1) is 17.6 Å². The van der Waals surface area contributed by atoms with Gasteiger partial charge in [0.25, 0.3) is 0 Å². The van der Waals surface area contributed by atoms with Gasteiger partial charge in [0, 0.05) is 42.2 Å². The highest BCUT2D eigenvalue weighted by Gasteiger charge is 2.41. The van der Waals surface area contributed by atoms with Gasteiger partial charge in [0.2, 0.25) is 5.91 Å². The fourth-order valence-electron chi connectivity index (χ4n) is 4.93. The van der Waals surface area contributed by atoms with Gasteiger partial charge in [-0.3, -0.25) is 14.7 Å². The van der Waals surface area contributed by atoms with E-state index in [1.165, 1.54) is 12.1 Å². The number of aromatic nitrogens is 1. The lowest BCUT2D eigenvalue weighted by Gasteiger charge is -2.35. The summed E-state index contributed by atoms with van der Waals surface area (Å²) in [6.45, 7) is 5.29. The van der Waals surface area contributed by atoms with Crippen molar-refractivity contribution in [3.8, 4) is 0 Å². The lowest BCUT2D eigenvalue weighted by atomic mass is 9.84. The third kappa shape index (κ3) is 3.97. The number of hydrogen-bond acceptors (Lipinski definition) is 3. The van der Waals surface area contributed by atoms with E-state index in [-0.39, 0.29) is 29.1 Å². The normalized spacial score (nSPS) is 22.9. The summed E-state index contributed by atoms with van der Waals surface area (Å²) in [7, 11) is 1.95. The van der Waals surface area contributed by atoms with Crippen LogP contribution in [0.25, 0.3) is 0 Å². The number of benzene rings is 1. The molecule has 0 N–H and O–H groups in total. The summed E-state index contributed by atoms with van der Waals surface area (Å²) in [6, 6.07) is 7.73. The van der Waals surface area contributed by atoms with Crippen LogP contribution in [-0.2, 0) is 16.8 Å². The van der Waals surface area contributed by atoms with Crippen molar-refractivity contribution in [2.24, 2.45) is 5.92 Å². The number of rotatable bonds is 4. The fraction of sp³-hybridized carbons (Fsp3) is 0.500. The zero-order chi connectivity index (χ0) is 21.5. The predicted molar refractivity (Wildman–Crippen MR) is 113 cm³/mol. The van der Waals surface area contributed by atoms with E-state index >= 15 is 0 Å². The third-order valence-electron chi connectivity index (χ3n) is 6.63. The number of amides is 1. The van der Waals surface area contributed by atoms with E-state index < -0.39 is 5.82 Å². The average molecular weight is 414 g/mol. The molecule has 1 saturated carbocycles. The maximum Gasteiger partial charge on any atom is 0.230 e. The predicted octanol–water partition coefficient (Wildman–Crippen LogP) is 4.67. The molecule has 160 valence electrons. The van der Waals surface area contributed by atoms with E-state index in [9.17, 15) is 13.6 Å². The molecule has 0 radical (unpaired) electrons. The molecule has 0 saturated heterocycles. The van der Waals surface area contributed by atoms with E-state index in [0.717, 1.165) is 43.1 Å². The van der Waals surface area contributed by atoms with Gasteiger partial charge in [0.15, 0.2) is 0 Å². The second-order valence-corrected chi connectivity index (χ2v) is 9.34. The molecule has 4 rings (SSSR count). The minimum absolute atomic E-state index is 0.00233. The highest BCUT2D eigenvalue weighted by molar-refractivity contribution is 5.97. The number of halogens is 2. The first-order valence-corrected chi connectivity index (χ1v) is 10.7. The van der Waals surface area contributed by atoms with Gasteiger partial charge in [0.05, 0.1) is 11.4 Å². The molecule has 1 amide bonds. The number of fused-ring (bicyclic) bond motifs is 1. The molecule has 6 heteroatoms. The van der Waals surface area contributed by atoms with E-state index in [1.54, 1.807) is 6.20 Å². The molecule has 0 atom stereocenters. The summed E-state index contributed by atoms with van der Waals surface area (Å²) >= 11 is 0. The average Bonchev–Trinajstić information content (AvgIpc) is 3.01. The smallest absolute Gasteiger partial charge is 0.230 e. The first-order chi connectivity index (χ1) is 14.3. The van der Waals surface area contributed by atoms with Crippen molar-refractivity contribution in [1.82, 2.24) is 9.88 Å². The number of hydrogen-bond donors (Lipinski definition) is 0. The standard InChI is InChI=1S/C24H29F2N3O/c1-24(2)15-29(21-5-4-12-27-22(21)24)23(30)16-6-9-19(10-7-16)28(3)14-17-13-18(25)8-11-20(17)26/h4-5,8,11-13,16,19H,6-7,9-10,14-15H2,1-3H3. The Kier molecular flexibility index (Phi) is 5.62. The molecule has 0 spiro atoms. The second kappa shape index (κ2) is 8.06. The van der Waals surface area contributed by atoms with Crippen LogP contribution in [0.5, 0.6) is 0 Å². The van der Waals surface area contributed by atoms with E-state index in [4.69, 9.17) is 0 Å². The molecule has 1 fully saturated rings.